The molecule has 1 heterocycles. The molecule has 0 saturated heterocycles. The van der Waals surface area contributed by atoms with E-state index < -0.39 is 0 Å². The lowest BCUT2D eigenvalue weighted by Gasteiger charge is -2.09. The van der Waals surface area contributed by atoms with E-state index in [1.54, 1.807) is 0 Å². The number of carbonyl (C=O) groups is 1. The highest BCUT2D eigenvalue weighted by molar-refractivity contribution is 9.10. The molecule has 0 saturated carbocycles. The first-order valence-corrected chi connectivity index (χ1v) is 5.30. The zero-order valence-corrected chi connectivity index (χ0v) is 9.44. The van der Waals surface area contributed by atoms with Crippen molar-refractivity contribution in [2.24, 2.45) is 0 Å². The van der Waals surface area contributed by atoms with Crippen molar-refractivity contribution in [1.82, 2.24) is 0 Å². The number of fused-ring (bicyclic) bond motifs is 1. The van der Waals surface area contributed by atoms with Crippen LogP contribution in [-0.2, 0) is 11.2 Å². The van der Waals surface area contributed by atoms with Crippen molar-refractivity contribution in [3.05, 3.63) is 22.2 Å². The lowest BCUT2D eigenvalue weighted by molar-refractivity contribution is -0.114. The van der Waals surface area contributed by atoms with Gasteiger partial charge in [0.15, 0.2) is 0 Å². The summed E-state index contributed by atoms with van der Waals surface area (Å²) in [5, 5.41) is 6.08. The predicted octanol–water partition coefficient (Wildman–Crippen LogP) is 2.38. The van der Waals surface area contributed by atoms with Gasteiger partial charge in [0.05, 0.1) is 11.4 Å². The lowest BCUT2D eigenvalue weighted by atomic mass is 10.1. The zero-order valence-electron chi connectivity index (χ0n) is 7.86. The Hall–Kier alpha value is -1.03. The highest BCUT2D eigenvalue weighted by atomic mass is 79.9. The summed E-state index contributed by atoms with van der Waals surface area (Å²) < 4.78 is 1.00. The van der Waals surface area contributed by atoms with Crippen molar-refractivity contribution < 1.29 is 4.79 Å². The van der Waals surface area contributed by atoms with E-state index in [-0.39, 0.29) is 5.91 Å². The summed E-state index contributed by atoms with van der Waals surface area (Å²) in [4.78, 5) is 11.0. The van der Waals surface area contributed by atoms with Crippen LogP contribution in [0.3, 0.4) is 0 Å². The van der Waals surface area contributed by atoms with E-state index in [1.807, 2.05) is 6.07 Å². The molecule has 4 heteroatoms. The third kappa shape index (κ3) is 1.75. The predicted molar refractivity (Wildman–Crippen MR) is 60.6 cm³/mol. The normalized spacial score (nSPS) is 13.3. The van der Waals surface area contributed by atoms with Crippen LogP contribution in [0.15, 0.2) is 16.6 Å². The fourth-order valence-electron chi connectivity index (χ4n) is 1.68. The minimum atomic E-state index is -0.0426. The molecular weight excluding hydrogens is 244 g/mol. The molecule has 1 aliphatic heterocycles. The molecule has 74 valence electrons. The van der Waals surface area contributed by atoms with Gasteiger partial charge in [0.2, 0.25) is 5.91 Å². The van der Waals surface area contributed by atoms with Gasteiger partial charge in [0, 0.05) is 17.9 Å². The standard InChI is InChI=1S/C10H11BrN2O/c1-6(14)13-9-5-8(11)4-7-2-3-12-10(7)9/h4-5,12H,2-3H2,1H3,(H,13,14). The molecule has 1 amide bonds. The van der Waals surface area contributed by atoms with Gasteiger partial charge in [0.25, 0.3) is 0 Å². The van der Waals surface area contributed by atoms with Crippen molar-refractivity contribution in [2.45, 2.75) is 13.3 Å². The number of benzene rings is 1. The summed E-state index contributed by atoms with van der Waals surface area (Å²) in [6.07, 6.45) is 1.02. The molecule has 0 spiro atoms. The fraction of sp³-hybridized carbons (Fsp3) is 0.300. The van der Waals surface area contributed by atoms with Crippen molar-refractivity contribution in [1.29, 1.82) is 0 Å². The Morgan fingerprint density at radius 1 is 1.57 bits per heavy atom. The molecule has 0 atom stereocenters. The molecule has 0 aliphatic carbocycles. The van der Waals surface area contributed by atoms with E-state index in [2.05, 4.69) is 32.6 Å². The number of rotatable bonds is 1. The Morgan fingerprint density at radius 3 is 3.07 bits per heavy atom. The first-order chi connectivity index (χ1) is 6.66. The quantitative estimate of drug-likeness (QED) is 0.808. The van der Waals surface area contributed by atoms with Gasteiger partial charge >= 0.3 is 0 Å². The van der Waals surface area contributed by atoms with Crippen LogP contribution in [0, 0.1) is 0 Å². The minimum Gasteiger partial charge on any atom is -0.383 e. The van der Waals surface area contributed by atoms with Gasteiger partial charge in [-0.15, -0.1) is 0 Å². The maximum Gasteiger partial charge on any atom is 0.221 e. The summed E-state index contributed by atoms with van der Waals surface area (Å²) >= 11 is 3.43. The molecule has 0 aromatic heterocycles. The fourth-order valence-corrected chi connectivity index (χ4v) is 2.18. The number of amides is 1. The molecule has 0 radical (unpaired) electrons. The third-order valence-corrected chi connectivity index (χ3v) is 2.65. The Kier molecular flexibility index (Phi) is 2.46. The molecular formula is C10H11BrN2O. The number of carbonyl (C=O) groups excluding carboxylic acids is 1. The van der Waals surface area contributed by atoms with E-state index in [9.17, 15) is 4.79 Å². The second kappa shape index (κ2) is 3.61. The lowest BCUT2D eigenvalue weighted by Crippen LogP contribution is -2.07. The highest BCUT2D eigenvalue weighted by Crippen LogP contribution is 2.34. The monoisotopic (exact) mass is 254 g/mol. The number of anilines is 2. The van der Waals surface area contributed by atoms with Crippen molar-refractivity contribution in [3.63, 3.8) is 0 Å². The van der Waals surface area contributed by atoms with Crippen LogP contribution in [0.5, 0.6) is 0 Å². The van der Waals surface area contributed by atoms with Crippen molar-refractivity contribution >= 4 is 33.2 Å². The summed E-state index contributed by atoms with van der Waals surface area (Å²) in [5.74, 6) is -0.0426. The largest absolute Gasteiger partial charge is 0.383 e. The molecule has 0 unspecified atom stereocenters. The maximum absolute atomic E-state index is 11.0. The van der Waals surface area contributed by atoms with Gasteiger partial charge in [-0.25, -0.2) is 0 Å². The Balaban J connectivity index is 2.43. The van der Waals surface area contributed by atoms with E-state index in [0.717, 1.165) is 28.8 Å². The van der Waals surface area contributed by atoms with Crippen LogP contribution < -0.4 is 10.6 Å². The van der Waals surface area contributed by atoms with Crippen LogP contribution in [-0.4, -0.2) is 12.5 Å². The second-order valence-electron chi connectivity index (χ2n) is 3.35. The summed E-state index contributed by atoms with van der Waals surface area (Å²) in [6.45, 7) is 2.46. The summed E-state index contributed by atoms with van der Waals surface area (Å²) in [7, 11) is 0. The molecule has 1 aromatic rings. The molecule has 1 aliphatic rings. The zero-order chi connectivity index (χ0) is 10.1. The van der Waals surface area contributed by atoms with E-state index in [1.165, 1.54) is 12.5 Å². The van der Waals surface area contributed by atoms with Gasteiger partial charge in [-0.05, 0) is 24.1 Å². The number of hydrogen-bond donors (Lipinski definition) is 2. The van der Waals surface area contributed by atoms with E-state index in [4.69, 9.17) is 0 Å². The van der Waals surface area contributed by atoms with Crippen LogP contribution in [0.25, 0.3) is 0 Å². The summed E-state index contributed by atoms with van der Waals surface area (Å²) in [5.41, 5.74) is 3.17. The number of nitrogens with one attached hydrogen (secondary N) is 2. The minimum absolute atomic E-state index is 0.0426. The molecule has 0 fully saturated rings. The average molecular weight is 255 g/mol. The Bertz CT molecular complexity index is 390. The molecule has 0 bridgehead atoms. The number of halogens is 1. The van der Waals surface area contributed by atoms with Crippen LogP contribution >= 0.6 is 15.9 Å². The van der Waals surface area contributed by atoms with Gasteiger partial charge < -0.3 is 10.6 Å². The second-order valence-corrected chi connectivity index (χ2v) is 4.26. The van der Waals surface area contributed by atoms with Gasteiger partial charge in [0.1, 0.15) is 0 Å². The number of hydrogen-bond acceptors (Lipinski definition) is 2. The van der Waals surface area contributed by atoms with E-state index >= 15 is 0 Å². The van der Waals surface area contributed by atoms with Gasteiger partial charge in [-0.1, -0.05) is 15.9 Å². The molecule has 2 rings (SSSR count). The molecule has 14 heavy (non-hydrogen) atoms. The van der Waals surface area contributed by atoms with Gasteiger partial charge in [-0.3, -0.25) is 4.79 Å². The Morgan fingerprint density at radius 2 is 2.36 bits per heavy atom. The highest BCUT2D eigenvalue weighted by Gasteiger charge is 2.15. The first-order valence-electron chi connectivity index (χ1n) is 4.50. The van der Waals surface area contributed by atoms with Crippen molar-refractivity contribution in [3.8, 4) is 0 Å². The third-order valence-electron chi connectivity index (χ3n) is 2.19. The molecule has 1 aromatic carbocycles. The van der Waals surface area contributed by atoms with Crippen LogP contribution in [0.1, 0.15) is 12.5 Å². The Labute approximate surface area is 91.0 Å². The summed E-state index contributed by atoms with van der Waals surface area (Å²) in [6, 6.07) is 4.00. The van der Waals surface area contributed by atoms with Crippen LogP contribution in [0.4, 0.5) is 11.4 Å². The van der Waals surface area contributed by atoms with Crippen molar-refractivity contribution in [2.75, 3.05) is 17.2 Å². The topological polar surface area (TPSA) is 41.1 Å². The molecule has 2 N–H and O–H groups in total. The smallest absolute Gasteiger partial charge is 0.221 e. The van der Waals surface area contributed by atoms with Crippen LogP contribution in [0.2, 0.25) is 0 Å². The van der Waals surface area contributed by atoms with E-state index in [0.29, 0.717) is 0 Å². The maximum atomic E-state index is 11.0. The molecule has 3 nitrogen and oxygen atoms in total. The SMILES string of the molecule is CC(=O)Nc1cc(Br)cc2c1NCC2. The first kappa shape index (κ1) is 9.52. The van der Waals surface area contributed by atoms with Gasteiger partial charge in [-0.2, -0.15) is 0 Å². The average Bonchev–Trinajstić information content (AvgIpc) is 2.50.